The molecule has 1 atom stereocenters. The molecular formula is C16H30. The highest BCUT2D eigenvalue weighted by Gasteiger charge is 2.19. The standard InChI is InChI=1S/C12H18.2C2H6/c1-4-6-7-12-10(3)8-9-11(12)5-2;2*1-2/h4-7,10H,8-9H2,1-3H3;2*1-2H3/b6-4-,11-5-,12-7-;;. The number of rotatable bonds is 1. The Hall–Kier alpha value is -0.780. The molecule has 0 bridgehead atoms. The molecule has 0 heteroatoms. The molecule has 1 rings (SSSR count). The molecule has 0 saturated heterocycles. The fourth-order valence-corrected chi connectivity index (χ4v) is 1.77. The maximum Gasteiger partial charge on any atom is -0.0185 e. The van der Waals surface area contributed by atoms with Crippen molar-refractivity contribution in [3.05, 3.63) is 35.5 Å². The monoisotopic (exact) mass is 222 g/mol. The average Bonchev–Trinajstić information content (AvgIpc) is 2.72. The predicted molar refractivity (Wildman–Crippen MR) is 77.7 cm³/mol. The van der Waals surface area contributed by atoms with Gasteiger partial charge in [-0.3, -0.25) is 0 Å². The van der Waals surface area contributed by atoms with Gasteiger partial charge in [-0.05, 0) is 43.8 Å². The summed E-state index contributed by atoms with van der Waals surface area (Å²) in [7, 11) is 0. The summed E-state index contributed by atoms with van der Waals surface area (Å²) in [6, 6.07) is 0. The molecule has 0 N–H and O–H groups in total. The summed E-state index contributed by atoms with van der Waals surface area (Å²) in [5.41, 5.74) is 3.08. The van der Waals surface area contributed by atoms with Crippen LogP contribution in [0.15, 0.2) is 35.5 Å². The lowest BCUT2D eigenvalue weighted by molar-refractivity contribution is 0.697. The minimum Gasteiger partial charge on any atom is -0.0877 e. The Balaban J connectivity index is 0. The summed E-state index contributed by atoms with van der Waals surface area (Å²) in [5, 5.41) is 0. The second kappa shape index (κ2) is 12.3. The minimum atomic E-state index is 0.757. The van der Waals surface area contributed by atoms with Crippen molar-refractivity contribution in [2.45, 2.75) is 61.3 Å². The van der Waals surface area contributed by atoms with E-state index in [4.69, 9.17) is 0 Å². The van der Waals surface area contributed by atoms with E-state index >= 15 is 0 Å². The molecule has 0 aromatic rings. The van der Waals surface area contributed by atoms with Crippen molar-refractivity contribution >= 4 is 0 Å². The van der Waals surface area contributed by atoms with Gasteiger partial charge in [0.2, 0.25) is 0 Å². The molecule has 1 aliphatic rings. The fourth-order valence-electron chi connectivity index (χ4n) is 1.77. The molecule has 0 nitrogen and oxygen atoms in total. The normalized spacial score (nSPS) is 24.1. The van der Waals surface area contributed by atoms with Crippen LogP contribution in [0.4, 0.5) is 0 Å². The summed E-state index contributed by atoms with van der Waals surface area (Å²) < 4.78 is 0. The first-order chi connectivity index (χ1) is 7.79. The van der Waals surface area contributed by atoms with Gasteiger partial charge in [-0.2, -0.15) is 0 Å². The van der Waals surface area contributed by atoms with Crippen LogP contribution in [0.25, 0.3) is 0 Å². The van der Waals surface area contributed by atoms with Gasteiger partial charge in [0.25, 0.3) is 0 Å². The van der Waals surface area contributed by atoms with E-state index in [0.717, 1.165) is 5.92 Å². The number of allylic oxidation sites excluding steroid dienone is 6. The van der Waals surface area contributed by atoms with Crippen molar-refractivity contribution in [1.82, 2.24) is 0 Å². The number of hydrogen-bond acceptors (Lipinski definition) is 0. The summed E-state index contributed by atoms with van der Waals surface area (Å²) in [5.74, 6) is 0.757. The van der Waals surface area contributed by atoms with Crippen molar-refractivity contribution in [3.8, 4) is 0 Å². The van der Waals surface area contributed by atoms with Gasteiger partial charge in [0.05, 0.1) is 0 Å². The molecule has 0 aliphatic heterocycles. The van der Waals surface area contributed by atoms with E-state index in [-0.39, 0.29) is 0 Å². The van der Waals surface area contributed by atoms with Crippen LogP contribution in [0, 0.1) is 5.92 Å². The molecule has 0 aromatic heterocycles. The van der Waals surface area contributed by atoms with Crippen molar-refractivity contribution in [3.63, 3.8) is 0 Å². The van der Waals surface area contributed by atoms with E-state index in [1.165, 1.54) is 18.4 Å². The third-order valence-corrected chi connectivity index (χ3v) is 2.57. The van der Waals surface area contributed by atoms with Gasteiger partial charge < -0.3 is 0 Å². The molecular weight excluding hydrogens is 192 g/mol. The van der Waals surface area contributed by atoms with E-state index in [1.54, 1.807) is 5.57 Å². The van der Waals surface area contributed by atoms with Crippen LogP contribution in [0.2, 0.25) is 0 Å². The maximum atomic E-state index is 2.31. The summed E-state index contributed by atoms with van der Waals surface area (Å²) >= 11 is 0. The highest BCUT2D eigenvalue weighted by Crippen LogP contribution is 2.35. The van der Waals surface area contributed by atoms with Crippen LogP contribution < -0.4 is 0 Å². The Morgan fingerprint density at radius 3 is 2.06 bits per heavy atom. The van der Waals surface area contributed by atoms with Crippen molar-refractivity contribution < 1.29 is 0 Å². The van der Waals surface area contributed by atoms with Crippen molar-refractivity contribution in [2.24, 2.45) is 5.92 Å². The Morgan fingerprint density at radius 2 is 1.62 bits per heavy atom. The molecule has 1 fully saturated rings. The second-order valence-corrected chi connectivity index (χ2v) is 3.40. The van der Waals surface area contributed by atoms with Gasteiger partial charge in [0, 0.05) is 0 Å². The quantitative estimate of drug-likeness (QED) is 0.517. The molecule has 0 amide bonds. The molecule has 16 heavy (non-hydrogen) atoms. The highest BCUT2D eigenvalue weighted by atomic mass is 14.2. The van der Waals surface area contributed by atoms with Crippen LogP contribution in [-0.4, -0.2) is 0 Å². The third-order valence-electron chi connectivity index (χ3n) is 2.57. The lowest BCUT2D eigenvalue weighted by Crippen LogP contribution is -1.88. The SMILES string of the molecule is CC.CC.C\C=C/C=C1\C(=C/C)CCC1C. The van der Waals surface area contributed by atoms with Gasteiger partial charge in [-0.25, -0.2) is 0 Å². The molecule has 1 unspecified atom stereocenters. The van der Waals surface area contributed by atoms with E-state index in [9.17, 15) is 0 Å². The van der Waals surface area contributed by atoms with Gasteiger partial charge in [-0.1, -0.05) is 58.9 Å². The van der Waals surface area contributed by atoms with Crippen LogP contribution in [-0.2, 0) is 0 Å². The lowest BCUT2D eigenvalue weighted by Gasteiger charge is -2.03. The molecule has 0 heterocycles. The molecule has 0 aromatic carbocycles. The van der Waals surface area contributed by atoms with E-state index in [2.05, 4.69) is 45.1 Å². The van der Waals surface area contributed by atoms with Crippen LogP contribution >= 0.6 is 0 Å². The fraction of sp³-hybridized carbons (Fsp3) is 0.625. The third kappa shape index (κ3) is 5.95. The van der Waals surface area contributed by atoms with Gasteiger partial charge in [0.15, 0.2) is 0 Å². The first kappa shape index (κ1) is 17.6. The second-order valence-electron chi connectivity index (χ2n) is 3.40. The molecule has 1 saturated carbocycles. The van der Waals surface area contributed by atoms with E-state index in [1.807, 2.05) is 27.7 Å². The minimum absolute atomic E-state index is 0.757. The first-order valence-corrected chi connectivity index (χ1v) is 6.78. The topological polar surface area (TPSA) is 0 Å². The predicted octanol–water partition coefficient (Wildman–Crippen LogP) is 5.92. The summed E-state index contributed by atoms with van der Waals surface area (Å²) in [4.78, 5) is 0. The molecule has 94 valence electrons. The Morgan fingerprint density at radius 1 is 1.06 bits per heavy atom. The Bertz CT molecular complexity index is 228. The van der Waals surface area contributed by atoms with Crippen LogP contribution in [0.5, 0.6) is 0 Å². The van der Waals surface area contributed by atoms with Gasteiger partial charge in [-0.15, -0.1) is 0 Å². The van der Waals surface area contributed by atoms with Crippen LogP contribution in [0.1, 0.15) is 61.3 Å². The van der Waals surface area contributed by atoms with Gasteiger partial charge >= 0.3 is 0 Å². The van der Waals surface area contributed by atoms with Gasteiger partial charge in [0.1, 0.15) is 0 Å². The first-order valence-electron chi connectivity index (χ1n) is 6.78. The lowest BCUT2D eigenvalue weighted by atomic mass is 10.0. The largest absolute Gasteiger partial charge is 0.0877 e. The Kier molecular flexibility index (Phi) is 13.5. The average molecular weight is 222 g/mol. The Labute approximate surface area is 103 Å². The zero-order valence-corrected chi connectivity index (χ0v) is 12.3. The summed E-state index contributed by atoms with van der Waals surface area (Å²) in [6.45, 7) is 14.5. The molecule has 1 aliphatic carbocycles. The summed E-state index contributed by atoms with van der Waals surface area (Å²) in [6.07, 6.45) is 11.3. The van der Waals surface area contributed by atoms with Crippen molar-refractivity contribution in [1.29, 1.82) is 0 Å². The maximum absolute atomic E-state index is 2.31. The van der Waals surface area contributed by atoms with Crippen molar-refractivity contribution in [2.75, 3.05) is 0 Å². The molecule has 0 spiro atoms. The smallest absolute Gasteiger partial charge is 0.0185 e. The molecule has 0 radical (unpaired) electrons. The van der Waals surface area contributed by atoms with E-state index in [0.29, 0.717) is 0 Å². The van der Waals surface area contributed by atoms with E-state index < -0.39 is 0 Å². The van der Waals surface area contributed by atoms with Crippen LogP contribution in [0.3, 0.4) is 0 Å². The zero-order valence-electron chi connectivity index (χ0n) is 12.3. The highest BCUT2D eigenvalue weighted by molar-refractivity contribution is 5.38. The number of hydrogen-bond donors (Lipinski definition) is 0. The zero-order chi connectivity index (χ0) is 13.0.